The second-order valence-electron chi connectivity index (χ2n) is 8.25. The fraction of sp³-hybridized carbons (Fsp3) is 0.381. The Bertz CT molecular complexity index is 928. The lowest BCUT2D eigenvalue weighted by atomic mass is 9.77. The fourth-order valence-corrected chi connectivity index (χ4v) is 4.50. The van der Waals surface area contributed by atoms with E-state index in [1.165, 1.54) is 0 Å². The summed E-state index contributed by atoms with van der Waals surface area (Å²) in [6, 6.07) is 11.4. The zero-order valence-corrected chi connectivity index (χ0v) is 16.4. The molecule has 2 amide bonds. The van der Waals surface area contributed by atoms with E-state index in [1.807, 2.05) is 19.9 Å². The molecule has 27 heavy (non-hydrogen) atoms. The van der Waals surface area contributed by atoms with Gasteiger partial charge in [-0.25, -0.2) is 4.79 Å². The number of halogens is 1. The van der Waals surface area contributed by atoms with Gasteiger partial charge in [0.25, 0.3) is 0 Å². The molecule has 0 aliphatic carbocycles. The number of fused-ring (bicyclic) bond motifs is 1. The topological polar surface area (TPSA) is 70.6 Å². The van der Waals surface area contributed by atoms with Crippen molar-refractivity contribution in [2.45, 2.75) is 50.8 Å². The summed E-state index contributed by atoms with van der Waals surface area (Å²) in [5.41, 5.74) is 1.94. The summed E-state index contributed by atoms with van der Waals surface area (Å²) in [4.78, 5) is 12.3. The van der Waals surface area contributed by atoms with Gasteiger partial charge in [0.15, 0.2) is 5.72 Å². The molecule has 0 bridgehead atoms. The molecule has 1 saturated heterocycles. The molecule has 0 unspecified atom stereocenters. The molecule has 0 aromatic heterocycles. The molecule has 0 radical (unpaired) electrons. The molecule has 3 N–H and O–H groups in total. The highest BCUT2D eigenvalue weighted by Gasteiger charge is 2.49. The van der Waals surface area contributed by atoms with Crippen molar-refractivity contribution in [2.75, 3.05) is 0 Å². The number of rotatable bonds is 1. The maximum Gasteiger partial charge on any atom is 0.318 e. The molecule has 2 aliphatic heterocycles. The zero-order chi connectivity index (χ0) is 19.4. The Morgan fingerprint density at radius 1 is 1.22 bits per heavy atom. The van der Waals surface area contributed by atoms with E-state index < -0.39 is 11.3 Å². The number of carbonyl (C=O) groups is 1. The number of carbonyl (C=O) groups excluding carboxylic acids is 1. The monoisotopic (exact) mass is 386 g/mol. The van der Waals surface area contributed by atoms with E-state index in [0.29, 0.717) is 23.6 Å². The molecule has 2 aliphatic rings. The van der Waals surface area contributed by atoms with E-state index in [9.17, 15) is 9.90 Å². The van der Waals surface area contributed by atoms with Gasteiger partial charge in [-0.15, -0.1) is 0 Å². The summed E-state index contributed by atoms with van der Waals surface area (Å²) >= 11 is 6.19. The number of aryl methyl sites for hydroxylation is 1. The van der Waals surface area contributed by atoms with Crippen molar-refractivity contribution >= 4 is 17.6 Å². The quantitative estimate of drug-likeness (QED) is 0.678. The van der Waals surface area contributed by atoms with Gasteiger partial charge in [0, 0.05) is 35.9 Å². The number of benzene rings is 2. The minimum Gasteiger partial charge on any atom is -0.506 e. The van der Waals surface area contributed by atoms with Crippen molar-refractivity contribution in [1.29, 1.82) is 0 Å². The van der Waals surface area contributed by atoms with Crippen LogP contribution in [0.15, 0.2) is 36.4 Å². The van der Waals surface area contributed by atoms with Crippen LogP contribution in [0.3, 0.4) is 0 Å². The molecule has 2 aromatic rings. The first-order valence-corrected chi connectivity index (χ1v) is 9.43. The number of phenolic OH excluding ortho intramolecular Hbond substituents is 1. The first-order valence-electron chi connectivity index (χ1n) is 9.05. The molecule has 5 nitrogen and oxygen atoms in total. The smallest absolute Gasteiger partial charge is 0.318 e. The van der Waals surface area contributed by atoms with Crippen molar-refractivity contribution in [2.24, 2.45) is 0 Å². The molecule has 2 atom stereocenters. The summed E-state index contributed by atoms with van der Waals surface area (Å²) in [6.45, 7) is 6.01. The van der Waals surface area contributed by atoms with Crippen LogP contribution in [0.2, 0.25) is 5.02 Å². The largest absolute Gasteiger partial charge is 0.506 e. The van der Waals surface area contributed by atoms with Crippen LogP contribution in [0.25, 0.3) is 0 Å². The molecular formula is C21H23ClN2O3. The zero-order valence-electron chi connectivity index (χ0n) is 15.6. The van der Waals surface area contributed by atoms with E-state index in [0.717, 1.165) is 16.7 Å². The van der Waals surface area contributed by atoms with Crippen LogP contribution in [-0.4, -0.2) is 22.4 Å². The third-order valence-electron chi connectivity index (χ3n) is 5.26. The minimum absolute atomic E-state index is 0.0130. The highest BCUT2D eigenvalue weighted by Crippen LogP contribution is 2.49. The summed E-state index contributed by atoms with van der Waals surface area (Å²) in [5, 5.41) is 16.3. The van der Waals surface area contributed by atoms with Gasteiger partial charge in [0.2, 0.25) is 0 Å². The van der Waals surface area contributed by atoms with E-state index >= 15 is 0 Å². The molecule has 2 aromatic carbocycles. The summed E-state index contributed by atoms with van der Waals surface area (Å²) in [7, 11) is 0. The van der Waals surface area contributed by atoms with Gasteiger partial charge in [-0.1, -0.05) is 41.4 Å². The van der Waals surface area contributed by atoms with Crippen molar-refractivity contribution in [3.63, 3.8) is 0 Å². The number of hydrogen-bond donors (Lipinski definition) is 3. The number of amides is 2. The van der Waals surface area contributed by atoms with Crippen LogP contribution in [-0.2, 0) is 0 Å². The first kappa shape index (κ1) is 18.0. The highest BCUT2D eigenvalue weighted by molar-refractivity contribution is 6.32. The van der Waals surface area contributed by atoms with E-state index in [2.05, 4.69) is 35.8 Å². The second kappa shape index (κ2) is 6.06. The molecule has 0 saturated carbocycles. The normalized spacial score (nSPS) is 25.9. The van der Waals surface area contributed by atoms with Crippen molar-refractivity contribution in [1.82, 2.24) is 10.6 Å². The average Bonchev–Trinajstić information content (AvgIpc) is 2.54. The molecule has 142 valence electrons. The van der Waals surface area contributed by atoms with Crippen LogP contribution in [0, 0.1) is 6.92 Å². The van der Waals surface area contributed by atoms with Crippen molar-refractivity contribution in [3.8, 4) is 11.5 Å². The molecule has 1 fully saturated rings. The first-order chi connectivity index (χ1) is 12.7. The van der Waals surface area contributed by atoms with Gasteiger partial charge in [-0.2, -0.15) is 0 Å². The third kappa shape index (κ3) is 3.32. The number of hydrogen-bond acceptors (Lipinski definition) is 3. The van der Waals surface area contributed by atoms with Crippen LogP contribution < -0.4 is 15.4 Å². The predicted octanol–water partition coefficient (Wildman–Crippen LogP) is 4.45. The fourth-order valence-electron chi connectivity index (χ4n) is 4.33. The van der Waals surface area contributed by atoms with Gasteiger partial charge >= 0.3 is 6.03 Å². The average molecular weight is 387 g/mol. The Kier molecular flexibility index (Phi) is 4.04. The third-order valence-corrected chi connectivity index (χ3v) is 5.56. The standard InChI is InChI=1S/C21H23ClN2O3/c1-12-5-4-6-13(7-12)15-10-21(11-20(2,3)23-19(26)24-21)27-18-9-17(25)16(22)8-14(15)18/h4-9,15,25H,10-11H2,1-3H3,(H2,23,24,26)/t15-,21-/m1/s1. The second-order valence-corrected chi connectivity index (χ2v) is 8.66. The molecule has 1 spiro atoms. The number of urea groups is 1. The molecule has 2 heterocycles. The minimum atomic E-state index is -0.854. The summed E-state index contributed by atoms with van der Waals surface area (Å²) in [6.07, 6.45) is 1.18. The molecular weight excluding hydrogens is 364 g/mol. The van der Waals surface area contributed by atoms with Crippen LogP contribution in [0.1, 0.15) is 49.3 Å². The number of phenols is 1. The summed E-state index contributed by atoms with van der Waals surface area (Å²) < 4.78 is 6.29. The van der Waals surface area contributed by atoms with Crippen LogP contribution in [0.5, 0.6) is 11.5 Å². The highest BCUT2D eigenvalue weighted by atomic mass is 35.5. The maximum atomic E-state index is 12.3. The van der Waals surface area contributed by atoms with Gasteiger partial charge < -0.3 is 20.5 Å². The Balaban J connectivity index is 1.85. The number of nitrogens with one attached hydrogen (secondary N) is 2. The maximum absolute atomic E-state index is 12.3. The van der Waals surface area contributed by atoms with Gasteiger partial charge in [0.1, 0.15) is 11.5 Å². The Morgan fingerprint density at radius 2 is 2.00 bits per heavy atom. The van der Waals surface area contributed by atoms with Crippen LogP contribution >= 0.6 is 11.6 Å². The van der Waals surface area contributed by atoms with Crippen molar-refractivity contribution < 1.29 is 14.6 Å². The predicted molar refractivity (Wildman–Crippen MR) is 104 cm³/mol. The van der Waals surface area contributed by atoms with Gasteiger partial charge in [-0.3, -0.25) is 0 Å². The van der Waals surface area contributed by atoms with Gasteiger partial charge in [-0.05, 0) is 32.4 Å². The number of aromatic hydroxyl groups is 1. The number of ether oxygens (including phenoxy) is 1. The molecule has 4 rings (SSSR count). The summed E-state index contributed by atoms with van der Waals surface area (Å²) in [5.74, 6) is 0.503. The van der Waals surface area contributed by atoms with Crippen LogP contribution in [0.4, 0.5) is 4.79 Å². The Morgan fingerprint density at radius 3 is 2.70 bits per heavy atom. The van der Waals surface area contributed by atoms with E-state index in [1.54, 1.807) is 12.1 Å². The Hall–Kier alpha value is -2.40. The molecule has 6 heteroatoms. The lowest BCUT2D eigenvalue weighted by Crippen LogP contribution is -2.69. The Labute approximate surface area is 163 Å². The van der Waals surface area contributed by atoms with Crippen molar-refractivity contribution in [3.05, 3.63) is 58.1 Å². The van der Waals surface area contributed by atoms with E-state index in [4.69, 9.17) is 16.3 Å². The lowest BCUT2D eigenvalue weighted by molar-refractivity contribution is -0.0236. The lowest BCUT2D eigenvalue weighted by Gasteiger charge is -2.49. The van der Waals surface area contributed by atoms with Gasteiger partial charge in [0.05, 0.1) is 5.02 Å². The SMILES string of the molecule is Cc1cccc([C@H]2C[C@]3(CC(C)(C)NC(=O)N3)Oc3cc(O)c(Cl)cc32)c1. The van der Waals surface area contributed by atoms with E-state index in [-0.39, 0.29) is 17.7 Å².